The summed E-state index contributed by atoms with van der Waals surface area (Å²) < 4.78 is 1.84. The SMILES string of the molecule is Cc1nn(Cc2ccccc2Cl)c(C)c1C(=O)NCc1ccc2c(c1)CNC2.Cl. The number of halogens is 2. The van der Waals surface area contributed by atoms with Crippen molar-refractivity contribution in [3.63, 3.8) is 0 Å². The Balaban J connectivity index is 0.00000240. The third kappa shape index (κ3) is 4.47. The molecular formula is C22H24Cl2N4O. The van der Waals surface area contributed by atoms with Gasteiger partial charge in [-0.15, -0.1) is 12.4 Å². The van der Waals surface area contributed by atoms with Crippen molar-refractivity contribution in [3.05, 3.63) is 86.7 Å². The fraction of sp³-hybridized carbons (Fsp3) is 0.273. The van der Waals surface area contributed by atoms with Crippen LogP contribution in [0.25, 0.3) is 0 Å². The Morgan fingerprint density at radius 3 is 2.72 bits per heavy atom. The molecule has 0 fully saturated rings. The number of carbonyl (C=O) groups excluding carboxylic acids is 1. The molecule has 0 bridgehead atoms. The van der Waals surface area contributed by atoms with Gasteiger partial charge in [0, 0.05) is 30.4 Å². The zero-order chi connectivity index (χ0) is 19.7. The number of nitrogens with zero attached hydrogens (tertiary/aromatic N) is 2. The van der Waals surface area contributed by atoms with Crippen LogP contribution in [0.5, 0.6) is 0 Å². The second-order valence-corrected chi connectivity index (χ2v) is 7.59. The van der Waals surface area contributed by atoms with Crippen molar-refractivity contribution in [1.82, 2.24) is 20.4 Å². The van der Waals surface area contributed by atoms with E-state index in [0.717, 1.165) is 35.6 Å². The Kier molecular flexibility index (Phi) is 6.63. The summed E-state index contributed by atoms with van der Waals surface area (Å²) in [7, 11) is 0. The highest BCUT2D eigenvalue weighted by molar-refractivity contribution is 6.31. The first-order valence-corrected chi connectivity index (χ1v) is 9.77. The molecule has 0 saturated carbocycles. The van der Waals surface area contributed by atoms with Gasteiger partial charge in [-0.25, -0.2) is 0 Å². The number of amides is 1. The lowest BCUT2D eigenvalue weighted by Crippen LogP contribution is -2.24. The van der Waals surface area contributed by atoms with Crippen LogP contribution >= 0.6 is 24.0 Å². The highest BCUT2D eigenvalue weighted by atomic mass is 35.5. The molecule has 0 atom stereocenters. The molecule has 2 aromatic carbocycles. The van der Waals surface area contributed by atoms with Crippen LogP contribution in [-0.2, 0) is 26.2 Å². The smallest absolute Gasteiger partial charge is 0.255 e. The van der Waals surface area contributed by atoms with Crippen LogP contribution in [0.2, 0.25) is 5.02 Å². The van der Waals surface area contributed by atoms with Crippen molar-refractivity contribution in [1.29, 1.82) is 0 Å². The van der Waals surface area contributed by atoms with Crippen molar-refractivity contribution in [2.75, 3.05) is 0 Å². The maximum Gasteiger partial charge on any atom is 0.255 e. The van der Waals surface area contributed by atoms with Crippen LogP contribution < -0.4 is 10.6 Å². The zero-order valence-electron chi connectivity index (χ0n) is 16.5. The Morgan fingerprint density at radius 1 is 1.17 bits per heavy atom. The second kappa shape index (κ2) is 8.99. The molecule has 0 radical (unpaired) electrons. The average Bonchev–Trinajstić information content (AvgIpc) is 3.25. The van der Waals surface area contributed by atoms with Gasteiger partial charge in [0.1, 0.15) is 0 Å². The van der Waals surface area contributed by atoms with Gasteiger partial charge in [-0.05, 0) is 42.2 Å². The Bertz CT molecular complexity index is 1050. The van der Waals surface area contributed by atoms with Crippen LogP contribution in [0, 0.1) is 13.8 Å². The van der Waals surface area contributed by atoms with E-state index in [-0.39, 0.29) is 18.3 Å². The summed E-state index contributed by atoms with van der Waals surface area (Å²) in [6.07, 6.45) is 0. The van der Waals surface area contributed by atoms with Gasteiger partial charge in [-0.3, -0.25) is 9.48 Å². The molecule has 0 aliphatic carbocycles. The molecule has 7 heteroatoms. The van der Waals surface area contributed by atoms with E-state index < -0.39 is 0 Å². The lowest BCUT2D eigenvalue weighted by molar-refractivity contribution is 0.0949. The summed E-state index contributed by atoms with van der Waals surface area (Å²) in [6.45, 7) is 6.65. The number of benzene rings is 2. The fourth-order valence-electron chi connectivity index (χ4n) is 3.70. The molecule has 2 heterocycles. The molecule has 2 N–H and O–H groups in total. The van der Waals surface area contributed by atoms with E-state index in [1.807, 2.05) is 42.8 Å². The van der Waals surface area contributed by atoms with E-state index in [2.05, 4.69) is 33.9 Å². The molecule has 0 unspecified atom stereocenters. The standard InChI is InChI=1S/C22H23ClN4O.ClH/c1-14-21(15(2)27(26-14)13-18-5-3-4-6-20(18)23)22(28)25-10-16-7-8-17-11-24-12-19(17)9-16;/h3-9,24H,10-13H2,1-2H3,(H,25,28);1H. The minimum absolute atomic E-state index is 0. The monoisotopic (exact) mass is 430 g/mol. The number of aromatic nitrogens is 2. The van der Waals surface area contributed by atoms with Gasteiger partial charge in [-0.2, -0.15) is 5.10 Å². The third-order valence-electron chi connectivity index (χ3n) is 5.24. The van der Waals surface area contributed by atoms with Crippen molar-refractivity contribution >= 4 is 29.9 Å². The van der Waals surface area contributed by atoms with E-state index in [4.69, 9.17) is 11.6 Å². The number of fused-ring (bicyclic) bond motifs is 1. The van der Waals surface area contributed by atoms with Gasteiger partial charge in [0.15, 0.2) is 0 Å². The van der Waals surface area contributed by atoms with Gasteiger partial charge in [0.05, 0.1) is 17.8 Å². The molecule has 5 nitrogen and oxygen atoms in total. The van der Waals surface area contributed by atoms with Gasteiger partial charge in [0.2, 0.25) is 0 Å². The predicted molar refractivity (Wildman–Crippen MR) is 118 cm³/mol. The summed E-state index contributed by atoms with van der Waals surface area (Å²) in [4.78, 5) is 12.8. The van der Waals surface area contributed by atoms with Crippen molar-refractivity contribution in [3.8, 4) is 0 Å². The first kappa shape index (κ1) is 21.4. The van der Waals surface area contributed by atoms with Crippen molar-refractivity contribution < 1.29 is 4.79 Å². The predicted octanol–water partition coefficient (Wildman–Crippen LogP) is 4.16. The second-order valence-electron chi connectivity index (χ2n) is 7.18. The normalized spacial score (nSPS) is 12.4. The van der Waals surface area contributed by atoms with E-state index in [1.54, 1.807) is 0 Å². The quantitative estimate of drug-likeness (QED) is 0.638. The molecule has 1 aliphatic heterocycles. The summed E-state index contributed by atoms with van der Waals surface area (Å²) in [5.74, 6) is -0.0981. The molecule has 0 spiro atoms. The first-order valence-electron chi connectivity index (χ1n) is 9.40. The van der Waals surface area contributed by atoms with Crippen molar-refractivity contribution in [2.45, 2.75) is 40.0 Å². The summed E-state index contributed by atoms with van der Waals surface area (Å²) >= 11 is 6.27. The van der Waals surface area contributed by atoms with Crippen LogP contribution in [0.3, 0.4) is 0 Å². The molecule has 29 heavy (non-hydrogen) atoms. The van der Waals surface area contributed by atoms with Crippen LogP contribution in [0.1, 0.15) is 44.0 Å². The summed E-state index contributed by atoms with van der Waals surface area (Å²) in [5, 5.41) is 11.6. The minimum atomic E-state index is -0.0981. The van der Waals surface area contributed by atoms with Crippen molar-refractivity contribution in [2.24, 2.45) is 0 Å². The van der Waals surface area contributed by atoms with E-state index in [9.17, 15) is 4.79 Å². The molecule has 3 aromatic rings. The molecule has 1 aromatic heterocycles. The fourth-order valence-corrected chi connectivity index (χ4v) is 3.89. The third-order valence-corrected chi connectivity index (χ3v) is 5.61. The minimum Gasteiger partial charge on any atom is -0.348 e. The molecular weight excluding hydrogens is 407 g/mol. The highest BCUT2D eigenvalue weighted by Crippen LogP contribution is 2.20. The maximum absolute atomic E-state index is 12.8. The largest absolute Gasteiger partial charge is 0.348 e. The Morgan fingerprint density at radius 2 is 1.93 bits per heavy atom. The van der Waals surface area contributed by atoms with Gasteiger partial charge in [-0.1, -0.05) is 48.0 Å². The summed E-state index contributed by atoms with van der Waals surface area (Å²) in [5.41, 5.74) is 6.93. The number of carbonyl (C=O) groups is 1. The number of aryl methyl sites for hydroxylation is 1. The molecule has 1 amide bonds. The number of nitrogens with one attached hydrogen (secondary N) is 2. The Hall–Kier alpha value is -2.34. The number of rotatable bonds is 5. The number of hydrogen-bond acceptors (Lipinski definition) is 3. The van der Waals surface area contributed by atoms with E-state index in [1.165, 1.54) is 11.1 Å². The maximum atomic E-state index is 12.8. The lowest BCUT2D eigenvalue weighted by Gasteiger charge is -2.09. The highest BCUT2D eigenvalue weighted by Gasteiger charge is 2.19. The Labute approximate surface area is 181 Å². The summed E-state index contributed by atoms with van der Waals surface area (Å²) in [6, 6.07) is 14.1. The van der Waals surface area contributed by atoms with Gasteiger partial charge in [0.25, 0.3) is 5.91 Å². The molecule has 4 rings (SSSR count). The molecule has 152 valence electrons. The first-order chi connectivity index (χ1) is 13.5. The van der Waals surface area contributed by atoms with E-state index in [0.29, 0.717) is 23.7 Å². The zero-order valence-corrected chi connectivity index (χ0v) is 18.0. The van der Waals surface area contributed by atoms with E-state index >= 15 is 0 Å². The molecule has 1 aliphatic rings. The lowest BCUT2D eigenvalue weighted by atomic mass is 10.1. The van der Waals surface area contributed by atoms with Crippen LogP contribution in [-0.4, -0.2) is 15.7 Å². The van der Waals surface area contributed by atoms with Crippen LogP contribution in [0.4, 0.5) is 0 Å². The van der Waals surface area contributed by atoms with Gasteiger partial charge < -0.3 is 10.6 Å². The number of hydrogen-bond donors (Lipinski definition) is 2. The molecule has 0 saturated heterocycles. The topological polar surface area (TPSA) is 59.0 Å². The van der Waals surface area contributed by atoms with Gasteiger partial charge >= 0.3 is 0 Å². The average molecular weight is 431 g/mol. The van der Waals surface area contributed by atoms with Crippen LogP contribution in [0.15, 0.2) is 42.5 Å².